The lowest BCUT2D eigenvalue weighted by Crippen LogP contribution is -1.96. The molecule has 0 aliphatic rings. The molecule has 0 bridgehead atoms. The summed E-state index contributed by atoms with van der Waals surface area (Å²) in [6.07, 6.45) is 1.59. The van der Waals surface area contributed by atoms with Crippen molar-refractivity contribution in [1.82, 2.24) is 0 Å². The van der Waals surface area contributed by atoms with Crippen LogP contribution < -0.4 is 0 Å². The molecule has 0 spiro atoms. The van der Waals surface area contributed by atoms with Gasteiger partial charge in [0.15, 0.2) is 5.82 Å². The van der Waals surface area contributed by atoms with Gasteiger partial charge in [-0.25, -0.2) is 9.18 Å². The Hall–Kier alpha value is -2.31. The summed E-state index contributed by atoms with van der Waals surface area (Å²) >= 11 is 0. The molecule has 0 aliphatic heterocycles. The first kappa shape index (κ1) is 11.8. The molecule has 0 amide bonds. The van der Waals surface area contributed by atoms with Crippen molar-refractivity contribution < 1.29 is 23.6 Å². The number of carboxylic acids is 1. The Labute approximate surface area is 87.8 Å². The van der Waals surface area contributed by atoms with Crippen LogP contribution in [0.15, 0.2) is 18.2 Å². The third-order valence-electron chi connectivity index (χ3n) is 1.65. The van der Waals surface area contributed by atoms with Crippen LogP contribution in [0.2, 0.25) is 0 Å². The summed E-state index contributed by atoms with van der Waals surface area (Å²) in [5.74, 6) is -4.27. The molecule has 1 rings (SSSR count). The van der Waals surface area contributed by atoms with Crippen LogP contribution in [0.1, 0.15) is 5.56 Å². The maximum Gasteiger partial charge on any atom is 0.328 e. The van der Waals surface area contributed by atoms with Crippen LogP contribution in [-0.4, -0.2) is 16.0 Å². The zero-order valence-electron chi connectivity index (χ0n) is 7.68. The Bertz CT molecular complexity index is 485. The Morgan fingerprint density at radius 3 is 2.56 bits per heavy atom. The predicted molar refractivity (Wildman–Crippen MR) is 49.7 cm³/mol. The highest BCUT2D eigenvalue weighted by molar-refractivity contribution is 5.85. The second kappa shape index (κ2) is 4.47. The topological polar surface area (TPSA) is 80.4 Å². The second-order valence-corrected chi connectivity index (χ2v) is 2.76. The monoisotopic (exact) mass is 229 g/mol. The largest absolute Gasteiger partial charge is 0.478 e. The number of nitro groups is 1. The van der Waals surface area contributed by atoms with Crippen molar-refractivity contribution in [3.8, 4) is 0 Å². The summed E-state index contributed by atoms with van der Waals surface area (Å²) in [4.78, 5) is 19.4. The molecule has 0 saturated heterocycles. The zero-order valence-corrected chi connectivity index (χ0v) is 7.68. The quantitative estimate of drug-likeness (QED) is 0.488. The molecule has 0 saturated carbocycles. The number of halogens is 2. The fourth-order valence-electron chi connectivity index (χ4n) is 0.992. The molecule has 0 atom stereocenters. The van der Waals surface area contributed by atoms with Gasteiger partial charge in [-0.05, 0) is 17.7 Å². The molecule has 1 aromatic carbocycles. The number of hydrogen-bond donors (Lipinski definition) is 1. The van der Waals surface area contributed by atoms with Crippen LogP contribution in [0.25, 0.3) is 6.08 Å². The van der Waals surface area contributed by atoms with Crippen LogP contribution >= 0.6 is 0 Å². The van der Waals surface area contributed by atoms with E-state index in [2.05, 4.69) is 0 Å². The van der Waals surface area contributed by atoms with Crippen molar-refractivity contribution in [1.29, 1.82) is 0 Å². The smallest absolute Gasteiger partial charge is 0.328 e. The number of carboxylic acid groups (broad SMARTS) is 1. The molecule has 0 fully saturated rings. The van der Waals surface area contributed by atoms with Gasteiger partial charge in [-0.2, -0.15) is 4.39 Å². The average Bonchev–Trinajstić information content (AvgIpc) is 2.19. The molecule has 0 unspecified atom stereocenters. The van der Waals surface area contributed by atoms with E-state index in [9.17, 15) is 23.7 Å². The van der Waals surface area contributed by atoms with Gasteiger partial charge in [0.25, 0.3) is 0 Å². The Morgan fingerprint density at radius 2 is 2.06 bits per heavy atom. The van der Waals surface area contributed by atoms with Gasteiger partial charge >= 0.3 is 11.7 Å². The van der Waals surface area contributed by atoms with E-state index in [0.29, 0.717) is 12.1 Å². The maximum atomic E-state index is 12.9. The number of nitrogens with zero attached hydrogens (tertiary/aromatic N) is 1. The van der Waals surface area contributed by atoms with E-state index in [1.807, 2.05) is 0 Å². The van der Waals surface area contributed by atoms with E-state index in [1.165, 1.54) is 0 Å². The van der Waals surface area contributed by atoms with Crippen LogP contribution in [0.3, 0.4) is 0 Å². The molecule has 0 aliphatic carbocycles. The van der Waals surface area contributed by atoms with Crippen molar-refractivity contribution in [2.75, 3.05) is 0 Å². The summed E-state index contributed by atoms with van der Waals surface area (Å²) in [7, 11) is 0. The molecule has 5 nitrogen and oxygen atoms in total. The molecule has 7 heteroatoms. The minimum absolute atomic E-state index is 0.104. The minimum atomic E-state index is -1.57. The highest BCUT2D eigenvalue weighted by Crippen LogP contribution is 2.22. The van der Waals surface area contributed by atoms with Gasteiger partial charge in [-0.3, -0.25) is 10.1 Å². The third-order valence-corrected chi connectivity index (χ3v) is 1.65. The number of hydrogen-bond acceptors (Lipinski definition) is 3. The molecule has 16 heavy (non-hydrogen) atoms. The number of benzene rings is 1. The number of nitro benzene ring substituents is 1. The Morgan fingerprint density at radius 1 is 1.44 bits per heavy atom. The van der Waals surface area contributed by atoms with Crippen LogP contribution in [0.5, 0.6) is 0 Å². The van der Waals surface area contributed by atoms with Gasteiger partial charge in [0.05, 0.1) is 4.92 Å². The summed E-state index contributed by atoms with van der Waals surface area (Å²) < 4.78 is 25.7. The molecule has 0 radical (unpaired) electrons. The van der Waals surface area contributed by atoms with E-state index in [0.717, 1.165) is 12.1 Å². The number of aliphatic carboxylic acids is 1. The summed E-state index contributed by atoms with van der Waals surface area (Å²) in [6, 6.07) is 1.42. The Kier molecular flexibility index (Phi) is 3.29. The van der Waals surface area contributed by atoms with E-state index in [-0.39, 0.29) is 5.56 Å². The summed E-state index contributed by atoms with van der Waals surface area (Å²) in [5, 5.41) is 18.6. The first-order chi connectivity index (χ1) is 7.41. The predicted octanol–water partition coefficient (Wildman–Crippen LogP) is 1.97. The molecule has 84 valence electrons. The van der Waals surface area contributed by atoms with Crippen molar-refractivity contribution in [3.63, 3.8) is 0 Å². The highest BCUT2D eigenvalue weighted by atomic mass is 19.2. The summed E-state index contributed by atoms with van der Waals surface area (Å²) in [6.45, 7) is 0. The van der Waals surface area contributed by atoms with Crippen molar-refractivity contribution in [3.05, 3.63) is 45.5 Å². The standard InChI is InChI=1S/C9H5F2NO4/c10-6-3-5(1-2-8(13)14)4-7(9(6)11)12(15)16/h1-4H,(H,13,14)/b2-1+. The normalized spacial score (nSPS) is 10.6. The van der Waals surface area contributed by atoms with Crippen molar-refractivity contribution in [2.45, 2.75) is 0 Å². The molecular formula is C9H5F2NO4. The van der Waals surface area contributed by atoms with Crippen LogP contribution in [-0.2, 0) is 4.79 Å². The van der Waals surface area contributed by atoms with Crippen LogP contribution in [0, 0.1) is 21.7 Å². The SMILES string of the molecule is O=C(O)/C=C/c1cc(F)c(F)c([N+](=O)[O-])c1. The molecule has 0 heterocycles. The fourth-order valence-corrected chi connectivity index (χ4v) is 0.992. The van der Waals surface area contributed by atoms with Gasteiger partial charge in [0, 0.05) is 12.1 Å². The molecule has 0 aromatic heterocycles. The van der Waals surface area contributed by atoms with Gasteiger partial charge < -0.3 is 5.11 Å². The minimum Gasteiger partial charge on any atom is -0.478 e. The Balaban J connectivity index is 3.24. The lowest BCUT2D eigenvalue weighted by Gasteiger charge is -1.98. The van der Waals surface area contributed by atoms with Gasteiger partial charge in [0.1, 0.15) is 0 Å². The van der Waals surface area contributed by atoms with Crippen molar-refractivity contribution >= 4 is 17.7 Å². The third kappa shape index (κ3) is 2.59. The molecule has 1 aromatic rings. The first-order valence-corrected chi connectivity index (χ1v) is 3.96. The van der Waals surface area contributed by atoms with Gasteiger partial charge in [-0.1, -0.05) is 0 Å². The maximum absolute atomic E-state index is 12.9. The van der Waals surface area contributed by atoms with E-state index in [1.54, 1.807) is 0 Å². The molecular weight excluding hydrogens is 224 g/mol. The van der Waals surface area contributed by atoms with Crippen molar-refractivity contribution in [2.24, 2.45) is 0 Å². The highest BCUT2D eigenvalue weighted by Gasteiger charge is 2.19. The first-order valence-electron chi connectivity index (χ1n) is 3.96. The summed E-state index contributed by atoms with van der Waals surface area (Å²) in [5.41, 5.74) is -1.14. The van der Waals surface area contributed by atoms with Gasteiger partial charge in [0.2, 0.25) is 5.82 Å². The lowest BCUT2D eigenvalue weighted by molar-refractivity contribution is -0.387. The fraction of sp³-hybridized carbons (Fsp3) is 0. The molecule has 1 N–H and O–H groups in total. The second-order valence-electron chi connectivity index (χ2n) is 2.76. The number of carbonyl (C=O) groups is 1. The van der Waals surface area contributed by atoms with Crippen LogP contribution in [0.4, 0.5) is 14.5 Å². The average molecular weight is 229 g/mol. The van der Waals surface area contributed by atoms with E-state index in [4.69, 9.17) is 5.11 Å². The van der Waals surface area contributed by atoms with Gasteiger partial charge in [-0.15, -0.1) is 0 Å². The number of rotatable bonds is 3. The lowest BCUT2D eigenvalue weighted by atomic mass is 10.1. The van der Waals surface area contributed by atoms with E-state index >= 15 is 0 Å². The van der Waals surface area contributed by atoms with E-state index < -0.39 is 28.2 Å². The zero-order chi connectivity index (χ0) is 12.3.